The maximum atomic E-state index is 12.2. The van der Waals surface area contributed by atoms with Crippen molar-refractivity contribution in [1.29, 1.82) is 0 Å². The minimum absolute atomic E-state index is 0.0636. The largest absolute Gasteiger partial charge is 0.480 e. The molecule has 0 saturated carbocycles. The molecule has 6 nitrogen and oxygen atoms in total. The van der Waals surface area contributed by atoms with Gasteiger partial charge >= 0.3 is 12.0 Å². The van der Waals surface area contributed by atoms with Gasteiger partial charge in [-0.3, -0.25) is 0 Å². The predicted octanol–water partition coefficient (Wildman–Crippen LogP) is 1.18. The van der Waals surface area contributed by atoms with E-state index in [0.29, 0.717) is 19.6 Å². The summed E-state index contributed by atoms with van der Waals surface area (Å²) >= 11 is 0. The van der Waals surface area contributed by atoms with Gasteiger partial charge in [0.15, 0.2) is 0 Å². The molecule has 19 heavy (non-hydrogen) atoms. The second kappa shape index (κ2) is 6.06. The number of carboxylic acid groups (broad SMARTS) is 1. The van der Waals surface area contributed by atoms with E-state index in [2.05, 4.69) is 6.58 Å². The number of amides is 2. The molecule has 1 N–H and O–H groups in total. The molecule has 0 radical (unpaired) electrons. The fourth-order valence-electron chi connectivity index (χ4n) is 2.05. The number of likely N-dealkylation sites (tertiary alicyclic amines) is 1. The van der Waals surface area contributed by atoms with Gasteiger partial charge in [0.25, 0.3) is 0 Å². The monoisotopic (exact) mass is 270 g/mol. The molecule has 1 rings (SSSR count). The molecular weight excluding hydrogens is 248 g/mol. The van der Waals surface area contributed by atoms with Crippen LogP contribution in [-0.2, 0) is 9.53 Å². The van der Waals surface area contributed by atoms with E-state index in [4.69, 9.17) is 9.84 Å². The number of ether oxygens (including phenoxy) is 1. The van der Waals surface area contributed by atoms with Crippen molar-refractivity contribution in [3.63, 3.8) is 0 Å². The first-order valence-corrected chi connectivity index (χ1v) is 6.31. The van der Waals surface area contributed by atoms with Gasteiger partial charge < -0.3 is 19.6 Å². The summed E-state index contributed by atoms with van der Waals surface area (Å²) in [5, 5.41) is 8.58. The number of hydrogen-bond acceptors (Lipinski definition) is 3. The molecule has 0 spiro atoms. The molecule has 1 aliphatic heterocycles. The number of carbonyl (C=O) groups excluding carboxylic acids is 1. The van der Waals surface area contributed by atoms with Gasteiger partial charge in [-0.05, 0) is 20.8 Å². The molecule has 0 aliphatic carbocycles. The standard InChI is InChI=1S/C13H22N2O4/c1-5-6-15(10(2)3)12(18)14-8-13(4,9-14)19-7-11(16)17/h5,10H,1,6-9H2,2-4H3,(H,16,17). The zero-order valence-electron chi connectivity index (χ0n) is 11.8. The Labute approximate surface area is 113 Å². The molecule has 0 aromatic rings. The maximum Gasteiger partial charge on any atom is 0.329 e. The van der Waals surface area contributed by atoms with Crippen LogP contribution in [0.5, 0.6) is 0 Å². The molecule has 6 heteroatoms. The highest BCUT2D eigenvalue weighted by atomic mass is 16.5. The average molecular weight is 270 g/mol. The topological polar surface area (TPSA) is 70.1 Å². The SMILES string of the molecule is C=CCN(C(=O)N1CC(C)(OCC(=O)O)C1)C(C)C. The van der Waals surface area contributed by atoms with Crippen LogP contribution in [0.25, 0.3) is 0 Å². The Bertz CT molecular complexity index is 362. The lowest BCUT2D eigenvalue weighted by molar-refractivity contribution is -0.160. The number of carboxylic acids is 1. The minimum atomic E-state index is -0.999. The van der Waals surface area contributed by atoms with Crippen LogP contribution in [0.2, 0.25) is 0 Å². The molecule has 1 aliphatic rings. The Hall–Kier alpha value is -1.56. The van der Waals surface area contributed by atoms with Crippen LogP contribution in [-0.4, -0.2) is 64.8 Å². The Morgan fingerprint density at radius 3 is 2.53 bits per heavy atom. The van der Waals surface area contributed by atoms with Crippen molar-refractivity contribution in [2.24, 2.45) is 0 Å². The lowest BCUT2D eigenvalue weighted by Gasteiger charge is -2.49. The Kier molecular flexibility index (Phi) is 4.94. The van der Waals surface area contributed by atoms with Crippen molar-refractivity contribution in [3.8, 4) is 0 Å². The van der Waals surface area contributed by atoms with Crippen LogP contribution in [0, 0.1) is 0 Å². The number of carbonyl (C=O) groups is 2. The summed E-state index contributed by atoms with van der Waals surface area (Å²) < 4.78 is 5.28. The van der Waals surface area contributed by atoms with Gasteiger partial charge in [0.2, 0.25) is 0 Å². The summed E-state index contributed by atoms with van der Waals surface area (Å²) in [6, 6.07) is 0.0311. The van der Waals surface area contributed by atoms with Crippen LogP contribution in [0.4, 0.5) is 4.79 Å². The van der Waals surface area contributed by atoms with Gasteiger partial charge in [-0.1, -0.05) is 6.08 Å². The van der Waals surface area contributed by atoms with E-state index in [1.54, 1.807) is 15.9 Å². The van der Waals surface area contributed by atoms with Crippen LogP contribution in [0.1, 0.15) is 20.8 Å². The summed E-state index contributed by atoms with van der Waals surface area (Å²) in [5.74, 6) is -0.999. The third-order valence-electron chi connectivity index (χ3n) is 3.06. The summed E-state index contributed by atoms with van der Waals surface area (Å²) in [6.45, 7) is 10.3. The van der Waals surface area contributed by atoms with Crippen molar-refractivity contribution >= 4 is 12.0 Å². The van der Waals surface area contributed by atoms with E-state index in [-0.39, 0.29) is 18.7 Å². The fourth-order valence-corrected chi connectivity index (χ4v) is 2.05. The summed E-state index contributed by atoms with van der Waals surface area (Å²) in [4.78, 5) is 26.0. The van der Waals surface area contributed by atoms with Crippen molar-refractivity contribution in [2.75, 3.05) is 26.2 Å². The van der Waals surface area contributed by atoms with E-state index in [1.807, 2.05) is 20.8 Å². The molecule has 0 aromatic heterocycles. The highest BCUT2D eigenvalue weighted by molar-refractivity contribution is 5.76. The Morgan fingerprint density at radius 2 is 2.11 bits per heavy atom. The second-order valence-electron chi connectivity index (χ2n) is 5.31. The van der Waals surface area contributed by atoms with Gasteiger partial charge in [0, 0.05) is 12.6 Å². The summed E-state index contributed by atoms with van der Waals surface area (Å²) in [7, 11) is 0. The minimum Gasteiger partial charge on any atom is -0.480 e. The maximum absolute atomic E-state index is 12.2. The van der Waals surface area contributed by atoms with Crippen molar-refractivity contribution < 1.29 is 19.4 Å². The quantitative estimate of drug-likeness (QED) is 0.736. The predicted molar refractivity (Wildman–Crippen MR) is 71.0 cm³/mol. The zero-order valence-corrected chi connectivity index (χ0v) is 11.8. The summed E-state index contributed by atoms with van der Waals surface area (Å²) in [5.41, 5.74) is -0.551. The Morgan fingerprint density at radius 1 is 1.53 bits per heavy atom. The first kappa shape index (κ1) is 15.5. The number of hydrogen-bond donors (Lipinski definition) is 1. The van der Waals surface area contributed by atoms with E-state index in [1.165, 1.54) is 0 Å². The number of nitrogens with zero attached hydrogens (tertiary/aromatic N) is 2. The molecule has 0 atom stereocenters. The lowest BCUT2D eigenvalue weighted by Crippen LogP contribution is -2.66. The molecule has 0 bridgehead atoms. The van der Waals surface area contributed by atoms with Crippen molar-refractivity contribution in [3.05, 3.63) is 12.7 Å². The molecule has 108 valence electrons. The number of aliphatic carboxylic acids is 1. The zero-order chi connectivity index (χ0) is 14.6. The van der Waals surface area contributed by atoms with Gasteiger partial charge in [0.05, 0.1) is 13.1 Å². The molecule has 0 unspecified atom stereocenters. The second-order valence-corrected chi connectivity index (χ2v) is 5.31. The number of urea groups is 1. The van der Waals surface area contributed by atoms with E-state index >= 15 is 0 Å². The van der Waals surface area contributed by atoms with Gasteiger partial charge in [-0.25, -0.2) is 9.59 Å². The highest BCUT2D eigenvalue weighted by Crippen LogP contribution is 2.26. The number of rotatable bonds is 6. The van der Waals surface area contributed by atoms with E-state index in [9.17, 15) is 9.59 Å². The van der Waals surface area contributed by atoms with E-state index < -0.39 is 11.6 Å². The molecule has 1 heterocycles. The third-order valence-corrected chi connectivity index (χ3v) is 3.06. The smallest absolute Gasteiger partial charge is 0.329 e. The normalized spacial score (nSPS) is 16.9. The molecule has 1 fully saturated rings. The lowest BCUT2D eigenvalue weighted by atomic mass is 9.97. The van der Waals surface area contributed by atoms with Crippen molar-refractivity contribution in [2.45, 2.75) is 32.4 Å². The van der Waals surface area contributed by atoms with Gasteiger partial charge in [-0.15, -0.1) is 6.58 Å². The van der Waals surface area contributed by atoms with E-state index in [0.717, 1.165) is 0 Å². The molecule has 2 amide bonds. The average Bonchev–Trinajstić information content (AvgIpc) is 2.28. The molecular formula is C13H22N2O4. The summed E-state index contributed by atoms with van der Waals surface area (Å²) in [6.07, 6.45) is 1.69. The molecule has 0 aromatic carbocycles. The van der Waals surface area contributed by atoms with Gasteiger partial charge in [0.1, 0.15) is 12.2 Å². The highest BCUT2D eigenvalue weighted by Gasteiger charge is 2.44. The third kappa shape index (κ3) is 3.96. The first-order chi connectivity index (χ1) is 8.79. The fraction of sp³-hybridized carbons (Fsp3) is 0.692. The van der Waals surface area contributed by atoms with Crippen LogP contribution in [0.3, 0.4) is 0 Å². The first-order valence-electron chi connectivity index (χ1n) is 6.31. The van der Waals surface area contributed by atoms with Crippen LogP contribution in [0.15, 0.2) is 12.7 Å². The van der Waals surface area contributed by atoms with Crippen molar-refractivity contribution in [1.82, 2.24) is 9.80 Å². The molecule has 1 saturated heterocycles. The van der Waals surface area contributed by atoms with Gasteiger partial charge in [-0.2, -0.15) is 0 Å². The van der Waals surface area contributed by atoms with Crippen LogP contribution >= 0.6 is 0 Å². The van der Waals surface area contributed by atoms with Crippen LogP contribution < -0.4 is 0 Å². The Balaban J connectivity index is 2.50.